The van der Waals surface area contributed by atoms with Crippen molar-refractivity contribution in [1.82, 2.24) is 5.32 Å². The molecule has 3 heteroatoms. The Morgan fingerprint density at radius 1 is 1.11 bits per heavy atom. The lowest BCUT2D eigenvalue weighted by molar-refractivity contribution is 0.627. The third-order valence-electron chi connectivity index (χ3n) is 3.14. The van der Waals surface area contributed by atoms with Crippen molar-refractivity contribution in [2.75, 3.05) is 0 Å². The normalized spacial score (nSPS) is 14.1. The molecule has 2 aromatic rings. The number of hydrogen-bond donors (Lipinski definition) is 1. The van der Waals surface area contributed by atoms with Gasteiger partial charge in [0, 0.05) is 17.1 Å². The van der Waals surface area contributed by atoms with E-state index in [1.54, 1.807) is 23.9 Å². The van der Waals surface area contributed by atoms with Gasteiger partial charge in [-0.25, -0.2) is 4.39 Å². The van der Waals surface area contributed by atoms with E-state index in [2.05, 4.69) is 35.8 Å². The highest BCUT2D eigenvalue weighted by molar-refractivity contribution is 8.02. The van der Waals surface area contributed by atoms with Crippen molar-refractivity contribution >= 4 is 17.5 Å². The minimum absolute atomic E-state index is 0.204. The number of rotatable bonds is 1. The van der Waals surface area contributed by atoms with Gasteiger partial charge in [-0.15, -0.1) is 0 Å². The third kappa shape index (κ3) is 2.66. The predicted molar refractivity (Wildman–Crippen MR) is 78.3 cm³/mol. The molecule has 1 heterocycles. The lowest BCUT2D eigenvalue weighted by Gasteiger charge is -2.09. The van der Waals surface area contributed by atoms with E-state index in [4.69, 9.17) is 0 Å². The largest absolute Gasteiger partial charge is 0.380 e. The van der Waals surface area contributed by atoms with Gasteiger partial charge in [-0.3, -0.25) is 0 Å². The lowest BCUT2D eigenvalue weighted by Crippen LogP contribution is -2.10. The molecule has 1 N–H and O–H groups in total. The molecule has 0 saturated heterocycles. The summed E-state index contributed by atoms with van der Waals surface area (Å²) in [5.41, 5.74) is 4.63. The molecule has 0 aromatic heterocycles. The molecule has 1 aliphatic rings. The highest BCUT2D eigenvalue weighted by atomic mass is 32.2. The van der Waals surface area contributed by atoms with E-state index in [0.717, 1.165) is 17.8 Å². The SMILES string of the molecule is Cc1ccc2c(c1)CNC(c1ccc(F)cc1)=CS2. The fourth-order valence-electron chi connectivity index (χ4n) is 2.12. The van der Waals surface area contributed by atoms with Gasteiger partial charge in [0.2, 0.25) is 0 Å². The monoisotopic (exact) mass is 271 g/mol. The van der Waals surface area contributed by atoms with E-state index in [0.29, 0.717) is 0 Å². The maximum absolute atomic E-state index is 12.9. The van der Waals surface area contributed by atoms with E-state index in [1.807, 2.05) is 0 Å². The van der Waals surface area contributed by atoms with Crippen molar-refractivity contribution in [3.63, 3.8) is 0 Å². The molecule has 0 aliphatic carbocycles. The van der Waals surface area contributed by atoms with Gasteiger partial charge >= 0.3 is 0 Å². The molecule has 0 atom stereocenters. The molecule has 0 amide bonds. The van der Waals surface area contributed by atoms with Crippen LogP contribution in [0, 0.1) is 12.7 Å². The molecule has 0 saturated carbocycles. The Balaban J connectivity index is 1.89. The van der Waals surface area contributed by atoms with Crippen LogP contribution in [0.1, 0.15) is 16.7 Å². The average molecular weight is 271 g/mol. The zero-order valence-electron chi connectivity index (χ0n) is 10.6. The topological polar surface area (TPSA) is 12.0 Å². The number of nitrogens with one attached hydrogen (secondary N) is 1. The second kappa shape index (κ2) is 5.10. The van der Waals surface area contributed by atoms with Crippen LogP contribution in [0.2, 0.25) is 0 Å². The highest BCUT2D eigenvalue weighted by Gasteiger charge is 2.10. The number of thioether (sulfide) groups is 1. The Morgan fingerprint density at radius 2 is 1.89 bits per heavy atom. The number of hydrogen-bond acceptors (Lipinski definition) is 2. The Labute approximate surface area is 116 Å². The van der Waals surface area contributed by atoms with Gasteiger partial charge in [-0.1, -0.05) is 29.5 Å². The Hall–Kier alpha value is -1.74. The van der Waals surface area contributed by atoms with Crippen LogP contribution in [0.3, 0.4) is 0 Å². The molecule has 19 heavy (non-hydrogen) atoms. The maximum Gasteiger partial charge on any atom is 0.123 e. The van der Waals surface area contributed by atoms with E-state index in [1.165, 1.54) is 28.2 Å². The van der Waals surface area contributed by atoms with Crippen LogP contribution >= 0.6 is 11.8 Å². The van der Waals surface area contributed by atoms with Crippen molar-refractivity contribution in [2.24, 2.45) is 0 Å². The minimum Gasteiger partial charge on any atom is -0.380 e. The van der Waals surface area contributed by atoms with Gasteiger partial charge < -0.3 is 5.32 Å². The fourth-order valence-corrected chi connectivity index (χ4v) is 3.01. The zero-order valence-corrected chi connectivity index (χ0v) is 11.4. The number of halogens is 1. The predicted octanol–water partition coefficient (Wildman–Crippen LogP) is 4.33. The molecule has 96 valence electrons. The zero-order chi connectivity index (χ0) is 13.2. The summed E-state index contributed by atoms with van der Waals surface area (Å²) in [5, 5.41) is 5.51. The van der Waals surface area contributed by atoms with E-state index >= 15 is 0 Å². The number of fused-ring (bicyclic) bond motifs is 1. The lowest BCUT2D eigenvalue weighted by atomic mass is 10.1. The van der Waals surface area contributed by atoms with Crippen LogP contribution < -0.4 is 5.32 Å². The molecule has 1 aliphatic heterocycles. The molecule has 2 aromatic carbocycles. The molecule has 0 fully saturated rings. The summed E-state index contributed by atoms with van der Waals surface area (Å²) < 4.78 is 12.9. The minimum atomic E-state index is -0.204. The smallest absolute Gasteiger partial charge is 0.123 e. The first-order valence-corrected chi connectivity index (χ1v) is 7.06. The molecular formula is C16H14FNS. The van der Waals surface area contributed by atoms with E-state index < -0.39 is 0 Å². The second-order valence-corrected chi connectivity index (χ2v) is 5.53. The summed E-state index contributed by atoms with van der Waals surface area (Å²) in [6, 6.07) is 13.1. The summed E-state index contributed by atoms with van der Waals surface area (Å²) in [6.07, 6.45) is 0. The summed E-state index contributed by atoms with van der Waals surface area (Å²) in [6.45, 7) is 2.90. The van der Waals surface area contributed by atoms with Gasteiger partial charge in [0.15, 0.2) is 0 Å². The van der Waals surface area contributed by atoms with E-state index in [9.17, 15) is 4.39 Å². The average Bonchev–Trinajstić information content (AvgIpc) is 2.62. The van der Waals surface area contributed by atoms with Gasteiger partial charge in [-0.2, -0.15) is 0 Å². The number of aryl methyl sites for hydroxylation is 1. The van der Waals surface area contributed by atoms with Crippen LogP contribution in [0.15, 0.2) is 52.8 Å². The Morgan fingerprint density at radius 3 is 2.68 bits per heavy atom. The highest BCUT2D eigenvalue weighted by Crippen LogP contribution is 2.30. The van der Waals surface area contributed by atoms with Crippen molar-refractivity contribution in [3.8, 4) is 0 Å². The Kier molecular flexibility index (Phi) is 3.30. The van der Waals surface area contributed by atoms with E-state index in [-0.39, 0.29) is 5.82 Å². The van der Waals surface area contributed by atoms with Crippen molar-refractivity contribution < 1.29 is 4.39 Å². The third-order valence-corrected chi connectivity index (χ3v) is 4.15. The summed E-state index contributed by atoms with van der Waals surface area (Å²) in [7, 11) is 0. The van der Waals surface area contributed by atoms with Crippen LogP contribution in [0.5, 0.6) is 0 Å². The first kappa shape index (κ1) is 12.3. The second-order valence-electron chi connectivity index (χ2n) is 4.62. The van der Waals surface area contributed by atoms with Crippen LogP contribution in [-0.4, -0.2) is 0 Å². The standard InChI is InChI=1S/C16H14FNS/c1-11-2-7-16-13(8-11)9-18-15(10-19-16)12-3-5-14(17)6-4-12/h2-8,10,18H,9H2,1H3. The molecule has 1 nitrogen and oxygen atoms in total. The van der Waals surface area contributed by atoms with Crippen molar-refractivity contribution in [2.45, 2.75) is 18.4 Å². The fraction of sp³-hybridized carbons (Fsp3) is 0.125. The first-order valence-electron chi connectivity index (χ1n) is 6.18. The van der Waals surface area contributed by atoms with Crippen LogP contribution in [-0.2, 0) is 6.54 Å². The van der Waals surface area contributed by atoms with Gasteiger partial charge in [0.05, 0.1) is 0 Å². The van der Waals surface area contributed by atoms with Gasteiger partial charge in [0.1, 0.15) is 5.82 Å². The molecule has 0 unspecified atom stereocenters. The summed E-state index contributed by atoms with van der Waals surface area (Å²) in [4.78, 5) is 1.27. The molecule has 3 rings (SSSR count). The van der Waals surface area contributed by atoms with Crippen molar-refractivity contribution in [1.29, 1.82) is 0 Å². The molecule has 0 radical (unpaired) electrons. The van der Waals surface area contributed by atoms with Gasteiger partial charge in [0.25, 0.3) is 0 Å². The maximum atomic E-state index is 12.9. The first-order chi connectivity index (χ1) is 9.22. The molecule has 0 spiro atoms. The summed E-state index contributed by atoms with van der Waals surface area (Å²) in [5.74, 6) is -0.204. The Bertz CT molecular complexity index is 632. The van der Waals surface area contributed by atoms with Crippen LogP contribution in [0.25, 0.3) is 5.70 Å². The quantitative estimate of drug-likeness (QED) is 0.828. The van der Waals surface area contributed by atoms with Gasteiger partial charge in [-0.05, 0) is 53.8 Å². The number of benzene rings is 2. The van der Waals surface area contributed by atoms with Crippen molar-refractivity contribution in [3.05, 3.63) is 70.4 Å². The summed E-state index contributed by atoms with van der Waals surface area (Å²) >= 11 is 1.71. The molecular weight excluding hydrogens is 257 g/mol. The van der Waals surface area contributed by atoms with Crippen LogP contribution in [0.4, 0.5) is 4.39 Å². The molecule has 0 bridgehead atoms.